The minimum atomic E-state index is -0.216. The zero-order valence-electron chi connectivity index (χ0n) is 19.7. The van der Waals surface area contributed by atoms with E-state index in [9.17, 15) is 4.79 Å². The molecule has 0 saturated heterocycles. The van der Waals surface area contributed by atoms with Gasteiger partial charge in [-0.3, -0.25) is 9.78 Å². The van der Waals surface area contributed by atoms with Crippen LogP contribution in [0.15, 0.2) is 53.2 Å². The summed E-state index contributed by atoms with van der Waals surface area (Å²) < 4.78 is 23.0. The Balaban J connectivity index is 1.41. The quantitative estimate of drug-likeness (QED) is 0.291. The first-order valence-corrected chi connectivity index (χ1v) is 11.1. The molecule has 1 N–H and O–H groups in total. The van der Waals surface area contributed by atoms with E-state index in [0.29, 0.717) is 53.2 Å². The van der Waals surface area contributed by atoms with E-state index in [-0.39, 0.29) is 19.1 Å². The number of nitrogens with zero attached hydrogens (tertiary/aromatic N) is 6. The molecular formula is C24H23N7O5. The van der Waals surface area contributed by atoms with Crippen molar-refractivity contribution in [2.24, 2.45) is 0 Å². The van der Waals surface area contributed by atoms with Crippen molar-refractivity contribution in [2.75, 3.05) is 27.4 Å². The molecule has 184 valence electrons. The third-order valence-electron chi connectivity index (χ3n) is 5.34. The fourth-order valence-electron chi connectivity index (χ4n) is 3.60. The third kappa shape index (κ3) is 4.72. The summed E-state index contributed by atoms with van der Waals surface area (Å²) in [5, 5.41) is 21.7. The highest BCUT2D eigenvalue weighted by Gasteiger charge is 2.19. The molecule has 4 aromatic heterocycles. The van der Waals surface area contributed by atoms with Crippen LogP contribution < -0.4 is 10.1 Å². The SMILES string of the molecule is COCCNC(=O)c1ccc(COc2nn3c(-c4cc(COC)on4)nnc3c3ccccc23)nc1. The Morgan fingerprint density at radius 3 is 2.69 bits per heavy atom. The number of carbonyl (C=O) groups excluding carboxylic acids is 1. The van der Waals surface area contributed by atoms with E-state index in [0.717, 1.165) is 10.8 Å². The number of ether oxygens (including phenoxy) is 3. The lowest BCUT2D eigenvalue weighted by Gasteiger charge is -2.10. The van der Waals surface area contributed by atoms with E-state index in [1.807, 2.05) is 24.3 Å². The third-order valence-corrected chi connectivity index (χ3v) is 5.34. The first-order chi connectivity index (χ1) is 17.7. The smallest absolute Gasteiger partial charge is 0.252 e. The molecule has 1 aromatic carbocycles. The van der Waals surface area contributed by atoms with Gasteiger partial charge >= 0.3 is 0 Å². The Morgan fingerprint density at radius 1 is 1.06 bits per heavy atom. The number of fused-ring (bicyclic) bond motifs is 3. The molecule has 12 heteroatoms. The number of aromatic nitrogens is 6. The standard InChI is InChI=1S/C24H23N7O5/c1-33-10-9-25-23(32)15-7-8-16(26-12-15)13-35-24-19-6-4-3-5-18(19)21-27-28-22(31(21)29-24)20-11-17(14-34-2)36-30-20/h3-8,11-12H,9-10,13-14H2,1-2H3,(H,25,32). The van der Waals surface area contributed by atoms with Gasteiger partial charge in [0.25, 0.3) is 5.91 Å². The monoisotopic (exact) mass is 489 g/mol. The maximum Gasteiger partial charge on any atom is 0.252 e. The van der Waals surface area contributed by atoms with Gasteiger partial charge in [0, 0.05) is 43.8 Å². The summed E-state index contributed by atoms with van der Waals surface area (Å²) in [6.07, 6.45) is 1.51. The van der Waals surface area contributed by atoms with Crippen molar-refractivity contribution in [1.82, 2.24) is 35.3 Å². The second-order valence-electron chi connectivity index (χ2n) is 7.80. The van der Waals surface area contributed by atoms with Crippen LogP contribution in [0.5, 0.6) is 5.88 Å². The lowest BCUT2D eigenvalue weighted by molar-refractivity contribution is 0.0936. The van der Waals surface area contributed by atoms with Crippen LogP contribution >= 0.6 is 0 Å². The molecule has 0 atom stereocenters. The number of benzene rings is 1. The topological polar surface area (TPSA) is 139 Å². The molecule has 0 bridgehead atoms. The predicted octanol–water partition coefficient (Wildman–Crippen LogP) is 2.43. The van der Waals surface area contributed by atoms with Gasteiger partial charge in [0.1, 0.15) is 13.2 Å². The van der Waals surface area contributed by atoms with Crippen LogP contribution in [0, 0.1) is 0 Å². The fraction of sp³-hybridized carbons (Fsp3) is 0.250. The number of hydrogen-bond acceptors (Lipinski definition) is 10. The zero-order valence-corrected chi connectivity index (χ0v) is 19.7. The maximum atomic E-state index is 12.2. The van der Waals surface area contributed by atoms with E-state index in [4.69, 9.17) is 18.7 Å². The summed E-state index contributed by atoms with van der Waals surface area (Å²) in [5.41, 5.74) is 2.13. The zero-order chi connectivity index (χ0) is 24.9. The number of hydrogen-bond donors (Lipinski definition) is 1. The van der Waals surface area contributed by atoms with Gasteiger partial charge in [-0.25, -0.2) is 0 Å². The minimum absolute atomic E-state index is 0.146. The Kier molecular flexibility index (Phi) is 6.78. The molecule has 0 spiro atoms. The summed E-state index contributed by atoms with van der Waals surface area (Å²) in [7, 11) is 3.15. The fourth-order valence-corrected chi connectivity index (χ4v) is 3.60. The highest BCUT2D eigenvalue weighted by Crippen LogP contribution is 2.29. The van der Waals surface area contributed by atoms with Crippen molar-refractivity contribution in [1.29, 1.82) is 0 Å². The summed E-state index contributed by atoms with van der Waals surface area (Å²) in [6.45, 7) is 1.30. The Bertz CT molecular complexity index is 1500. The molecule has 5 rings (SSSR count). The van der Waals surface area contributed by atoms with Gasteiger partial charge in [0.05, 0.1) is 17.9 Å². The lowest BCUT2D eigenvalue weighted by Crippen LogP contribution is -2.27. The van der Waals surface area contributed by atoms with Crippen LogP contribution in [0.1, 0.15) is 21.8 Å². The molecule has 36 heavy (non-hydrogen) atoms. The van der Waals surface area contributed by atoms with Gasteiger partial charge in [-0.15, -0.1) is 15.3 Å². The van der Waals surface area contributed by atoms with Gasteiger partial charge in [-0.1, -0.05) is 23.4 Å². The van der Waals surface area contributed by atoms with E-state index in [2.05, 4.69) is 30.8 Å². The van der Waals surface area contributed by atoms with Crippen molar-refractivity contribution in [2.45, 2.75) is 13.2 Å². The number of carbonyl (C=O) groups is 1. The molecule has 0 unspecified atom stereocenters. The van der Waals surface area contributed by atoms with Crippen LogP contribution in [-0.2, 0) is 22.7 Å². The molecule has 5 aromatic rings. The maximum absolute atomic E-state index is 12.2. The van der Waals surface area contributed by atoms with Crippen molar-refractivity contribution in [3.8, 4) is 17.4 Å². The van der Waals surface area contributed by atoms with Crippen LogP contribution in [0.4, 0.5) is 0 Å². The first-order valence-electron chi connectivity index (χ1n) is 11.1. The summed E-state index contributed by atoms with van der Waals surface area (Å²) >= 11 is 0. The van der Waals surface area contributed by atoms with Crippen LogP contribution in [0.3, 0.4) is 0 Å². The molecule has 0 aliphatic carbocycles. The Labute approximate surface area is 205 Å². The second-order valence-corrected chi connectivity index (χ2v) is 7.80. The summed E-state index contributed by atoms with van der Waals surface area (Å²) in [4.78, 5) is 16.5. The van der Waals surface area contributed by atoms with Crippen molar-refractivity contribution < 1.29 is 23.5 Å². The van der Waals surface area contributed by atoms with Gasteiger partial charge in [0.15, 0.2) is 17.1 Å². The minimum Gasteiger partial charge on any atom is -0.470 e. The average Bonchev–Trinajstić information content (AvgIpc) is 3.55. The number of pyridine rings is 1. The van der Waals surface area contributed by atoms with Crippen LogP contribution in [-0.4, -0.2) is 63.2 Å². The molecular weight excluding hydrogens is 466 g/mol. The molecule has 0 aliphatic rings. The number of methoxy groups -OCH3 is 2. The highest BCUT2D eigenvalue weighted by atomic mass is 16.5. The lowest BCUT2D eigenvalue weighted by atomic mass is 10.2. The number of rotatable bonds is 10. The van der Waals surface area contributed by atoms with Gasteiger partial charge in [-0.2, -0.15) is 4.52 Å². The number of nitrogens with one attached hydrogen (secondary N) is 1. The Morgan fingerprint density at radius 2 is 1.92 bits per heavy atom. The van der Waals surface area contributed by atoms with E-state index < -0.39 is 0 Å². The predicted molar refractivity (Wildman–Crippen MR) is 127 cm³/mol. The van der Waals surface area contributed by atoms with Crippen LogP contribution in [0.2, 0.25) is 0 Å². The molecule has 0 saturated carbocycles. The molecule has 12 nitrogen and oxygen atoms in total. The first kappa shape index (κ1) is 23.3. The van der Waals surface area contributed by atoms with Crippen molar-refractivity contribution in [3.63, 3.8) is 0 Å². The average molecular weight is 489 g/mol. The summed E-state index contributed by atoms with van der Waals surface area (Å²) in [5.74, 6) is 1.13. The van der Waals surface area contributed by atoms with E-state index in [1.165, 1.54) is 6.20 Å². The highest BCUT2D eigenvalue weighted by molar-refractivity contribution is 5.97. The van der Waals surface area contributed by atoms with Crippen molar-refractivity contribution in [3.05, 3.63) is 65.7 Å². The number of amides is 1. The Hall–Kier alpha value is -4.42. The molecule has 4 heterocycles. The van der Waals surface area contributed by atoms with Gasteiger partial charge in [0.2, 0.25) is 11.7 Å². The van der Waals surface area contributed by atoms with Crippen molar-refractivity contribution >= 4 is 22.3 Å². The molecule has 0 fully saturated rings. The molecule has 1 amide bonds. The van der Waals surface area contributed by atoms with E-state index >= 15 is 0 Å². The normalized spacial score (nSPS) is 11.3. The van der Waals surface area contributed by atoms with Gasteiger partial charge < -0.3 is 24.1 Å². The van der Waals surface area contributed by atoms with E-state index in [1.54, 1.807) is 36.9 Å². The van der Waals surface area contributed by atoms with Crippen LogP contribution in [0.25, 0.3) is 27.9 Å². The molecule has 0 radical (unpaired) electrons. The summed E-state index contributed by atoms with van der Waals surface area (Å²) in [6, 6.07) is 12.8. The largest absolute Gasteiger partial charge is 0.470 e. The van der Waals surface area contributed by atoms with Gasteiger partial charge in [-0.05, 0) is 18.2 Å². The second kappa shape index (κ2) is 10.5. The molecule has 0 aliphatic heterocycles.